The minimum atomic E-state index is 0.0458. The molecule has 0 bridgehead atoms. The highest BCUT2D eigenvalue weighted by molar-refractivity contribution is 5.61. The number of anilines is 2. The van der Waals surface area contributed by atoms with Crippen LogP contribution in [0.5, 0.6) is 0 Å². The van der Waals surface area contributed by atoms with E-state index in [2.05, 4.69) is 26.3 Å². The number of hydrogen-bond acceptors (Lipinski definition) is 6. The van der Waals surface area contributed by atoms with Gasteiger partial charge in [-0.1, -0.05) is 0 Å². The molecule has 1 heterocycles. The molecule has 1 atom stereocenters. The van der Waals surface area contributed by atoms with Crippen LogP contribution in [-0.4, -0.2) is 42.1 Å². The number of aromatic nitrogens is 2. The van der Waals surface area contributed by atoms with Gasteiger partial charge < -0.3 is 15.0 Å². The van der Waals surface area contributed by atoms with Crippen molar-refractivity contribution >= 4 is 11.5 Å². The third kappa shape index (κ3) is 3.70. The van der Waals surface area contributed by atoms with Gasteiger partial charge in [-0.3, -0.25) is 0 Å². The van der Waals surface area contributed by atoms with Gasteiger partial charge in [0.2, 0.25) is 0 Å². The van der Waals surface area contributed by atoms with Crippen molar-refractivity contribution in [3.05, 3.63) is 47.4 Å². The number of ether oxygens (including phenoxy) is 1. The lowest BCUT2D eigenvalue weighted by Crippen LogP contribution is -2.19. The van der Waals surface area contributed by atoms with Gasteiger partial charge >= 0.3 is 0 Å². The first-order valence-corrected chi connectivity index (χ1v) is 8.04. The number of likely N-dealkylation sites (N-methyl/N-ethyl adjacent to an activating group) is 1. The van der Waals surface area contributed by atoms with Crippen molar-refractivity contribution < 1.29 is 4.74 Å². The molecule has 1 unspecified atom stereocenters. The van der Waals surface area contributed by atoms with Crippen LogP contribution in [0.1, 0.15) is 29.3 Å². The van der Waals surface area contributed by atoms with E-state index in [1.165, 1.54) is 0 Å². The SMILES string of the molecule is CN(C)CCOC1CCc2c(Nc3ccc(C#N)cc3)ncnc21. The minimum absolute atomic E-state index is 0.0458. The molecule has 0 amide bonds. The first kappa shape index (κ1) is 16.4. The average Bonchev–Trinajstić information content (AvgIpc) is 3.00. The van der Waals surface area contributed by atoms with Gasteiger partial charge in [-0.05, 0) is 51.2 Å². The van der Waals surface area contributed by atoms with E-state index in [-0.39, 0.29) is 6.10 Å². The van der Waals surface area contributed by atoms with Crippen molar-refractivity contribution in [2.45, 2.75) is 18.9 Å². The molecular weight excluding hydrogens is 302 g/mol. The third-order valence-electron chi connectivity index (χ3n) is 4.07. The molecule has 0 spiro atoms. The van der Waals surface area contributed by atoms with Gasteiger partial charge in [-0.25, -0.2) is 9.97 Å². The average molecular weight is 323 g/mol. The second-order valence-electron chi connectivity index (χ2n) is 6.10. The standard InChI is InChI=1S/C18H21N5O/c1-23(2)9-10-24-16-8-7-15-17(16)20-12-21-18(15)22-14-5-3-13(11-19)4-6-14/h3-6,12,16H,7-10H2,1-2H3,(H,20,21,22). The molecule has 2 aromatic rings. The van der Waals surface area contributed by atoms with Crippen LogP contribution in [0.3, 0.4) is 0 Å². The molecule has 0 aliphatic heterocycles. The highest BCUT2D eigenvalue weighted by Gasteiger charge is 2.27. The van der Waals surface area contributed by atoms with Crippen molar-refractivity contribution in [2.75, 3.05) is 32.6 Å². The molecular formula is C18H21N5O. The van der Waals surface area contributed by atoms with Crippen LogP contribution in [0, 0.1) is 11.3 Å². The maximum atomic E-state index is 8.87. The Kier molecular flexibility index (Phi) is 5.04. The van der Waals surface area contributed by atoms with Crippen molar-refractivity contribution in [2.24, 2.45) is 0 Å². The predicted octanol–water partition coefficient (Wildman–Crippen LogP) is 2.66. The summed E-state index contributed by atoms with van der Waals surface area (Å²) in [5.74, 6) is 0.823. The van der Waals surface area contributed by atoms with E-state index in [9.17, 15) is 0 Å². The number of fused-ring (bicyclic) bond motifs is 1. The molecule has 1 aliphatic rings. The summed E-state index contributed by atoms with van der Waals surface area (Å²) in [4.78, 5) is 10.9. The summed E-state index contributed by atoms with van der Waals surface area (Å²) in [6.45, 7) is 1.59. The van der Waals surface area contributed by atoms with Crippen molar-refractivity contribution in [1.82, 2.24) is 14.9 Å². The van der Waals surface area contributed by atoms with E-state index < -0.39 is 0 Å². The maximum absolute atomic E-state index is 8.87. The van der Waals surface area contributed by atoms with Gasteiger partial charge in [0.25, 0.3) is 0 Å². The van der Waals surface area contributed by atoms with E-state index in [0.717, 1.165) is 42.1 Å². The van der Waals surface area contributed by atoms with E-state index in [1.807, 2.05) is 26.2 Å². The lowest BCUT2D eigenvalue weighted by molar-refractivity contribution is 0.0423. The van der Waals surface area contributed by atoms with Gasteiger partial charge in [0.1, 0.15) is 18.2 Å². The smallest absolute Gasteiger partial charge is 0.137 e. The van der Waals surface area contributed by atoms with Gasteiger partial charge in [-0.2, -0.15) is 5.26 Å². The molecule has 1 aromatic carbocycles. The summed E-state index contributed by atoms with van der Waals surface area (Å²) in [6, 6.07) is 9.46. The Morgan fingerprint density at radius 1 is 1.29 bits per heavy atom. The Morgan fingerprint density at radius 3 is 2.79 bits per heavy atom. The molecule has 0 radical (unpaired) electrons. The summed E-state index contributed by atoms with van der Waals surface area (Å²) in [6.07, 6.45) is 3.47. The van der Waals surface area contributed by atoms with E-state index >= 15 is 0 Å². The summed E-state index contributed by atoms with van der Waals surface area (Å²) in [7, 11) is 4.07. The fourth-order valence-corrected chi connectivity index (χ4v) is 2.77. The van der Waals surface area contributed by atoms with Crippen LogP contribution in [-0.2, 0) is 11.2 Å². The normalized spacial score (nSPS) is 16.0. The largest absolute Gasteiger partial charge is 0.371 e. The second-order valence-corrected chi connectivity index (χ2v) is 6.10. The Bertz CT molecular complexity index is 736. The van der Waals surface area contributed by atoms with Crippen LogP contribution in [0.25, 0.3) is 0 Å². The van der Waals surface area contributed by atoms with Gasteiger partial charge in [0.05, 0.1) is 23.9 Å². The molecule has 6 nitrogen and oxygen atoms in total. The van der Waals surface area contributed by atoms with Crippen LogP contribution in [0.15, 0.2) is 30.6 Å². The molecule has 1 aliphatic carbocycles. The number of benzene rings is 1. The van der Waals surface area contributed by atoms with Crippen LogP contribution < -0.4 is 5.32 Å². The topological polar surface area (TPSA) is 74.1 Å². The van der Waals surface area contributed by atoms with Crippen LogP contribution in [0.4, 0.5) is 11.5 Å². The molecule has 0 fully saturated rings. The van der Waals surface area contributed by atoms with Crippen molar-refractivity contribution in [1.29, 1.82) is 5.26 Å². The number of nitrogens with zero attached hydrogens (tertiary/aromatic N) is 4. The van der Waals surface area contributed by atoms with Crippen LogP contribution >= 0.6 is 0 Å². The minimum Gasteiger partial charge on any atom is -0.371 e. The molecule has 0 saturated carbocycles. The van der Waals surface area contributed by atoms with E-state index in [0.29, 0.717) is 12.2 Å². The van der Waals surface area contributed by atoms with Crippen molar-refractivity contribution in [3.8, 4) is 6.07 Å². The van der Waals surface area contributed by atoms with Gasteiger partial charge in [-0.15, -0.1) is 0 Å². The Labute approximate surface area is 142 Å². The first-order chi connectivity index (χ1) is 11.7. The quantitative estimate of drug-likeness (QED) is 0.881. The first-order valence-electron chi connectivity index (χ1n) is 8.04. The highest BCUT2D eigenvalue weighted by atomic mass is 16.5. The Hall–Kier alpha value is -2.49. The zero-order valence-corrected chi connectivity index (χ0v) is 14.0. The lowest BCUT2D eigenvalue weighted by Gasteiger charge is -2.15. The molecule has 0 saturated heterocycles. The van der Waals surface area contributed by atoms with E-state index in [1.54, 1.807) is 18.5 Å². The zero-order valence-electron chi connectivity index (χ0n) is 14.0. The van der Waals surface area contributed by atoms with Gasteiger partial charge in [0.15, 0.2) is 0 Å². The Morgan fingerprint density at radius 2 is 2.08 bits per heavy atom. The summed E-state index contributed by atoms with van der Waals surface area (Å²) >= 11 is 0. The summed E-state index contributed by atoms with van der Waals surface area (Å²) < 4.78 is 5.98. The van der Waals surface area contributed by atoms with Crippen molar-refractivity contribution in [3.63, 3.8) is 0 Å². The highest BCUT2D eigenvalue weighted by Crippen LogP contribution is 2.36. The fraction of sp³-hybridized carbons (Fsp3) is 0.389. The monoisotopic (exact) mass is 323 g/mol. The fourth-order valence-electron chi connectivity index (χ4n) is 2.77. The molecule has 24 heavy (non-hydrogen) atoms. The second kappa shape index (κ2) is 7.39. The molecule has 6 heteroatoms. The van der Waals surface area contributed by atoms with E-state index in [4.69, 9.17) is 10.00 Å². The third-order valence-corrected chi connectivity index (χ3v) is 4.07. The molecule has 3 rings (SSSR count). The molecule has 1 N–H and O–H groups in total. The number of nitrogens with one attached hydrogen (secondary N) is 1. The molecule has 1 aromatic heterocycles. The number of rotatable bonds is 6. The van der Waals surface area contributed by atoms with Gasteiger partial charge in [0, 0.05) is 17.8 Å². The van der Waals surface area contributed by atoms with Crippen LogP contribution in [0.2, 0.25) is 0 Å². The maximum Gasteiger partial charge on any atom is 0.137 e. The molecule has 124 valence electrons. The number of nitriles is 1. The zero-order chi connectivity index (χ0) is 16.9. The number of hydrogen-bond donors (Lipinski definition) is 1. The summed E-state index contributed by atoms with van der Waals surface area (Å²) in [5, 5.41) is 12.2. The lowest BCUT2D eigenvalue weighted by atomic mass is 10.2. The predicted molar refractivity (Wildman–Crippen MR) is 92.0 cm³/mol. The summed E-state index contributed by atoms with van der Waals surface area (Å²) in [5.41, 5.74) is 3.66. The Balaban J connectivity index is 1.72.